The van der Waals surface area contributed by atoms with Gasteiger partial charge in [0.15, 0.2) is 0 Å². The molecule has 21 heavy (non-hydrogen) atoms. The van der Waals surface area contributed by atoms with Gasteiger partial charge in [-0.25, -0.2) is 13.1 Å². The van der Waals surface area contributed by atoms with E-state index in [0.717, 1.165) is 6.42 Å². The minimum atomic E-state index is -3.48. The summed E-state index contributed by atoms with van der Waals surface area (Å²) in [4.78, 5) is 13.2. The van der Waals surface area contributed by atoms with Gasteiger partial charge in [-0.15, -0.1) is 0 Å². The van der Waals surface area contributed by atoms with Crippen LogP contribution < -0.4 is 10.5 Å². The number of nitrogens with two attached hydrogens (primary N) is 1. The van der Waals surface area contributed by atoms with Crippen LogP contribution in [0.3, 0.4) is 0 Å². The fourth-order valence-corrected chi connectivity index (χ4v) is 3.93. The number of nitrogen functional groups attached to an aromatic ring is 1. The molecule has 1 aromatic rings. The number of rotatable bonds is 6. The number of nitrogens with one attached hydrogen (secondary N) is 1. The lowest BCUT2D eigenvalue weighted by Gasteiger charge is -2.21. The topological polar surface area (TPSA) is 92.5 Å². The van der Waals surface area contributed by atoms with Gasteiger partial charge < -0.3 is 10.6 Å². The molecule has 1 heterocycles. The highest BCUT2D eigenvalue weighted by Crippen LogP contribution is 2.14. The first-order chi connectivity index (χ1) is 9.87. The number of carbonyl (C=O) groups is 1. The van der Waals surface area contributed by atoms with Crippen molar-refractivity contribution < 1.29 is 13.2 Å². The van der Waals surface area contributed by atoms with E-state index in [2.05, 4.69) is 4.72 Å². The molecule has 1 saturated heterocycles. The molecule has 0 bridgehead atoms. The Balaban J connectivity index is 1.94. The van der Waals surface area contributed by atoms with Gasteiger partial charge in [0.05, 0.1) is 5.75 Å². The summed E-state index contributed by atoms with van der Waals surface area (Å²) >= 11 is 0. The van der Waals surface area contributed by atoms with Crippen LogP contribution in [0.2, 0.25) is 0 Å². The molecule has 1 unspecified atom stereocenters. The Morgan fingerprint density at radius 1 is 1.38 bits per heavy atom. The Morgan fingerprint density at radius 3 is 2.71 bits per heavy atom. The van der Waals surface area contributed by atoms with E-state index in [-0.39, 0.29) is 17.7 Å². The molecule has 1 aliphatic rings. The summed E-state index contributed by atoms with van der Waals surface area (Å²) in [6, 6.07) is 6.58. The van der Waals surface area contributed by atoms with Crippen molar-refractivity contribution in [3.05, 3.63) is 29.8 Å². The smallest absolute Gasteiger partial charge is 0.222 e. The zero-order valence-electron chi connectivity index (χ0n) is 12.1. The zero-order chi connectivity index (χ0) is 15.5. The Morgan fingerprint density at radius 2 is 2.10 bits per heavy atom. The average Bonchev–Trinajstić information content (AvgIpc) is 2.77. The first kappa shape index (κ1) is 15.8. The molecule has 1 aromatic carbocycles. The highest BCUT2D eigenvalue weighted by atomic mass is 32.2. The molecule has 0 aromatic heterocycles. The standard InChI is InChI=1S/C14H21N3O3S/c1-11(9-17-8-4-7-14(17)18)16-21(19,20)10-12-5-2-3-6-13(12)15/h2-3,5-6,11,16H,4,7-10,15H2,1H3. The molecular weight excluding hydrogens is 290 g/mol. The van der Waals surface area contributed by atoms with E-state index >= 15 is 0 Å². The predicted molar refractivity (Wildman–Crippen MR) is 81.9 cm³/mol. The molecular formula is C14H21N3O3S. The van der Waals surface area contributed by atoms with E-state index in [0.29, 0.717) is 30.8 Å². The van der Waals surface area contributed by atoms with Crippen LogP contribution >= 0.6 is 0 Å². The number of sulfonamides is 1. The molecule has 0 saturated carbocycles. The van der Waals surface area contributed by atoms with E-state index in [4.69, 9.17) is 5.73 Å². The van der Waals surface area contributed by atoms with Gasteiger partial charge in [0.1, 0.15) is 0 Å². The normalized spacial score (nSPS) is 17.2. The third-order valence-corrected chi connectivity index (χ3v) is 4.90. The average molecular weight is 311 g/mol. The van der Waals surface area contributed by atoms with E-state index in [1.165, 1.54) is 0 Å². The predicted octanol–water partition coefficient (Wildman–Crippen LogP) is 0.699. The van der Waals surface area contributed by atoms with Crippen molar-refractivity contribution in [3.8, 4) is 0 Å². The van der Waals surface area contributed by atoms with Crippen molar-refractivity contribution in [3.63, 3.8) is 0 Å². The van der Waals surface area contributed by atoms with E-state index < -0.39 is 10.0 Å². The van der Waals surface area contributed by atoms with Crippen LogP contribution in [0.25, 0.3) is 0 Å². The first-order valence-electron chi connectivity index (χ1n) is 6.98. The van der Waals surface area contributed by atoms with Crippen LogP contribution in [0, 0.1) is 0 Å². The van der Waals surface area contributed by atoms with Gasteiger partial charge in [0, 0.05) is 31.2 Å². The fourth-order valence-electron chi connectivity index (χ4n) is 2.48. The molecule has 3 N–H and O–H groups in total. The largest absolute Gasteiger partial charge is 0.398 e. The Labute approximate surface area is 125 Å². The summed E-state index contributed by atoms with van der Waals surface area (Å²) in [6.07, 6.45) is 1.40. The Bertz CT molecular complexity index is 616. The number of para-hydroxylation sites is 1. The molecule has 0 spiro atoms. The molecule has 1 fully saturated rings. The molecule has 6 nitrogen and oxygen atoms in total. The second kappa shape index (κ2) is 6.44. The number of amides is 1. The van der Waals surface area contributed by atoms with E-state index in [1.54, 1.807) is 36.1 Å². The third kappa shape index (κ3) is 4.44. The van der Waals surface area contributed by atoms with Crippen LogP contribution in [0.4, 0.5) is 5.69 Å². The van der Waals surface area contributed by atoms with Crippen LogP contribution in [0.5, 0.6) is 0 Å². The highest BCUT2D eigenvalue weighted by Gasteiger charge is 2.24. The van der Waals surface area contributed by atoms with Gasteiger partial charge in [-0.05, 0) is 25.0 Å². The monoisotopic (exact) mass is 311 g/mol. The van der Waals surface area contributed by atoms with Crippen LogP contribution in [-0.2, 0) is 20.6 Å². The number of benzene rings is 1. The summed E-state index contributed by atoms with van der Waals surface area (Å²) in [6.45, 7) is 2.87. The van der Waals surface area contributed by atoms with Crippen molar-refractivity contribution in [2.45, 2.75) is 31.6 Å². The number of carbonyl (C=O) groups excluding carboxylic acids is 1. The minimum Gasteiger partial charge on any atom is -0.398 e. The molecule has 1 aliphatic heterocycles. The third-order valence-electron chi connectivity index (χ3n) is 3.45. The molecule has 0 radical (unpaired) electrons. The molecule has 2 rings (SSSR count). The molecule has 7 heteroatoms. The molecule has 1 atom stereocenters. The molecule has 0 aliphatic carbocycles. The van der Waals surface area contributed by atoms with Gasteiger partial charge >= 0.3 is 0 Å². The van der Waals surface area contributed by atoms with Crippen molar-refractivity contribution in [1.29, 1.82) is 0 Å². The Kier molecular flexibility index (Phi) is 4.84. The van der Waals surface area contributed by atoms with E-state index in [1.807, 2.05) is 0 Å². The maximum Gasteiger partial charge on any atom is 0.222 e. The first-order valence-corrected chi connectivity index (χ1v) is 8.64. The summed E-state index contributed by atoms with van der Waals surface area (Å²) in [5, 5.41) is 0. The summed E-state index contributed by atoms with van der Waals surface area (Å²) in [7, 11) is -3.48. The van der Waals surface area contributed by atoms with Crippen molar-refractivity contribution in [2.75, 3.05) is 18.8 Å². The SMILES string of the molecule is CC(CN1CCCC1=O)NS(=O)(=O)Cc1ccccc1N. The van der Waals surface area contributed by atoms with Crippen LogP contribution in [0.15, 0.2) is 24.3 Å². The number of hydrogen-bond acceptors (Lipinski definition) is 4. The lowest BCUT2D eigenvalue weighted by molar-refractivity contribution is -0.127. The van der Waals surface area contributed by atoms with Gasteiger partial charge in [-0.1, -0.05) is 18.2 Å². The Hall–Kier alpha value is -1.60. The summed E-state index contributed by atoms with van der Waals surface area (Å²) in [5.74, 6) is -0.0637. The minimum absolute atomic E-state index is 0.0911. The van der Waals surface area contributed by atoms with Crippen LogP contribution in [-0.4, -0.2) is 38.4 Å². The number of likely N-dealkylation sites (tertiary alicyclic amines) is 1. The number of hydrogen-bond donors (Lipinski definition) is 2. The molecule has 1 amide bonds. The lowest BCUT2D eigenvalue weighted by Crippen LogP contribution is -2.42. The zero-order valence-corrected chi connectivity index (χ0v) is 12.9. The second-order valence-corrected chi connectivity index (χ2v) is 7.17. The fraction of sp³-hybridized carbons (Fsp3) is 0.500. The summed E-state index contributed by atoms with van der Waals surface area (Å²) < 4.78 is 26.9. The van der Waals surface area contributed by atoms with E-state index in [9.17, 15) is 13.2 Å². The van der Waals surface area contributed by atoms with Crippen LogP contribution in [0.1, 0.15) is 25.3 Å². The maximum atomic E-state index is 12.1. The van der Waals surface area contributed by atoms with Crippen molar-refractivity contribution in [2.24, 2.45) is 0 Å². The van der Waals surface area contributed by atoms with Crippen molar-refractivity contribution in [1.82, 2.24) is 9.62 Å². The van der Waals surface area contributed by atoms with Gasteiger partial charge in [0.25, 0.3) is 0 Å². The van der Waals surface area contributed by atoms with Gasteiger partial charge in [-0.3, -0.25) is 4.79 Å². The van der Waals surface area contributed by atoms with Gasteiger partial charge in [0.2, 0.25) is 15.9 Å². The summed E-state index contributed by atoms with van der Waals surface area (Å²) in [5.41, 5.74) is 6.81. The highest BCUT2D eigenvalue weighted by molar-refractivity contribution is 7.88. The second-order valence-electron chi connectivity index (χ2n) is 5.42. The number of anilines is 1. The lowest BCUT2D eigenvalue weighted by atomic mass is 10.2. The maximum absolute atomic E-state index is 12.1. The number of nitrogens with zero attached hydrogens (tertiary/aromatic N) is 1. The van der Waals surface area contributed by atoms with Gasteiger partial charge in [-0.2, -0.15) is 0 Å². The molecule has 116 valence electrons. The van der Waals surface area contributed by atoms with Crippen molar-refractivity contribution >= 4 is 21.6 Å². The quantitative estimate of drug-likeness (QED) is 0.756.